The second-order valence-corrected chi connectivity index (χ2v) is 7.81. The van der Waals surface area contributed by atoms with Crippen molar-refractivity contribution in [3.05, 3.63) is 65.5 Å². The van der Waals surface area contributed by atoms with Crippen LogP contribution >= 0.6 is 0 Å². The molecule has 164 valence electrons. The maximum Gasteiger partial charge on any atom is 0.295 e. The molecule has 0 saturated carbocycles. The number of hydrogen-bond acceptors (Lipinski definition) is 6. The smallest absolute Gasteiger partial charge is 0.295 e. The first-order valence-electron chi connectivity index (χ1n) is 10.5. The number of nitrogens with zero attached hydrogens (tertiary/aromatic N) is 3. The van der Waals surface area contributed by atoms with Crippen LogP contribution in [0, 0.1) is 0 Å². The van der Waals surface area contributed by atoms with Gasteiger partial charge in [-0.25, -0.2) is 0 Å². The van der Waals surface area contributed by atoms with Crippen molar-refractivity contribution in [1.29, 1.82) is 0 Å². The first-order chi connectivity index (χ1) is 14.9. The number of hydrogen-bond donors (Lipinski definition) is 1. The highest BCUT2D eigenvalue weighted by atomic mass is 16.5. The van der Waals surface area contributed by atoms with Gasteiger partial charge in [0.25, 0.3) is 11.7 Å². The topological polar surface area (TPSA) is 83.0 Å². The molecule has 7 nitrogen and oxygen atoms in total. The highest BCUT2D eigenvalue weighted by molar-refractivity contribution is 6.46. The van der Waals surface area contributed by atoms with Crippen LogP contribution in [-0.4, -0.2) is 65.4 Å². The van der Waals surface area contributed by atoms with E-state index in [1.807, 2.05) is 50.2 Å². The van der Waals surface area contributed by atoms with Gasteiger partial charge < -0.3 is 19.6 Å². The van der Waals surface area contributed by atoms with E-state index in [1.54, 1.807) is 17.0 Å². The molecule has 2 heterocycles. The molecule has 1 atom stereocenters. The summed E-state index contributed by atoms with van der Waals surface area (Å²) in [4.78, 5) is 33.5. The predicted octanol–water partition coefficient (Wildman–Crippen LogP) is 3.24. The molecular weight excluding hydrogens is 394 g/mol. The summed E-state index contributed by atoms with van der Waals surface area (Å²) in [6, 6.07) is 9.94. The fourth-order valence-electron chi connectivity index (χ4n) is 3.67. The van der Waals surface area contributed by atoms with Gasteiger partial charge in [0, 0.05) is 24.5 Å². The summed E-state index contributed by atoms with van der Waals surface area (Å²) >= 11 is 0. The number of amides is 1. The quantitative estimate of drug-likeness (QED) is 0.379. The zero-order valence-corrected chi connectivity index (χ0v) is 18.2. The third-order valence-corrected chi connectivity index (χ3v) is 5.14. The molecule has 0 bridgehead atoms. The summed E-state index contributed by atoms with van der Waals surface area (Å²) in [5, 5.41) is 11.0. The van der Waals surface area contributed by atoms with Crippen LogP contribution in [0.15, 0.2) is 54.4 Å². The Labute approximate surface area is 183 Å². The van der Waals surface area contributed by atoms with Gasteiger partial charge in [-0.2, -0.15) is 0 Å². The Morgan fingerprint density at radius 1 is 1.19 bits per heavy atom. The highest BCUT2D eigenvalue weighted by Gasteiger charge is 2.45. The van der Waals surface area contributed by atoms with E-state index in [-0.39, 0.29) is 11.3 Å². The number of likely N-dealkylation sites (tertiary alicyclic amines) is 1. The van der Waals surface area contributed by atoms with Crippen molar-refractivity contribution < 1.29 is 19.4 Å². The zero-order valence-electron chi connectivity index (χ0n) is 18.2. The number of carbonyl (C=O) groups is 2. The predicted molar refractivity (Wildman–Crippen MR) is 119 cm³/mol. The van der Waals surface area contributed by atoms with Crippen LogP contribution in [0.3, 0.4) is 0 Å². The van der Waals surface area contributed by atoms with Crippen molar-refractivity contribution in [2.24, 2.45) is 0 Å². The van der Waals surface area contributed by atoms with Crippen LogP contribution in [-0.2, 0) is 9.59 Å². The lowest BCUT2D eigenvalue weighted by atomic mass is 9.95. The van der Waals surface area contributed by atoms with Gasteiger partial charge in [-0.3, -0.25) is 14.6 Å². The zero-order chi connectivity index (χ0) is 22.4. The van der Waals surface area contributed by atoms with Crippen molar-refractivity contribution in [2.75, 3.05) is 33.8 Å². The molecule has 31 heavy (non-hydrogen) atoms. The van der Waals surface area contributed by atoms with Crippen molar-refractivity contribution in [3.8, 4) is 5.75 Å². The molecule has 1 aromatic carbocycles. The van der Waals surface area contributed by atoms with E-state index in [4.69, 9.17) is 4.74 Å². The number of carbonyl (C=O) groups excluding carboxylic acids is 2. The molecule has 0 aliphatic carbocycles. The molecule has 0 spiro atoms. The molecule has 1 amide bonds. The van der Waals surface area contributed by atoms with Crippen molar-refractivity contribution in [3.63, 3.8) is 0 Å². The average molecular weight is 424 g/mol. The van der Waals surface area contributed by atoms with Gasteiger partial charge in [0.1, 0.15) is 11.5 Å². The number of aliphatic hydroxyl groups excluding tert-OH is 1. The lowest BCUT2D eigenvalue weighted by Gasteiger charge is -2.26. The Hall–Kier alpha value is -3.19. The van der Waals surface area contributed by atoms with E-state index in [1.165, 1.54) is 12.4 Å². The molecule has 1 aliphatic heterocycles. The second-order valence-electron chi connectivity index (χ2n) is 7.81. The second kappa shape index (κ2) is 10.2. The van der Waals surface area contributed by atoms with E-state index in [9.17, 15) is 14.7 Å². The summed E-state index contributed by atoms with van der Waals surface area (Å²) in [7, 11) is 3.92. The van der Waals surface area contributed by atoms with Crippen LogP contribution in [0.5, 0.6) is 5.75 Å². The molecule has 1 fully saturated rings. The number of aliphatic hydroxyl groups is 1. The van der Waals surface area contributed by atoms with Gasteiger partial charge in [-0.1, -0.05) is 19.1 Å². The Morgan fingerprint density at radius 2 is 1.94 bits per heavy atom. The number of Topliss-reactive ketones (excluding diaryl/α,β-unsaturated/α-hetero) is 1. The summed E-state index contributed by atoms with van der Waals surface area (Å²) < 4.78 is 5.76. The van der Waals surface area contributed by atoms with Gasteiger partial charge in [0.2, 0.25) is 0 Å². The van der Waals surface area contributed by atoms with Crippen molar-refractivity contribution in [2.45, 2.75) is 25.8 Å². The monoisotopic (exact) mass is 423 g/mol. The minimum absolute atomic E-state index is 0.0914. The SMILES string of the molecule is CCCOc1cccc([C@@H]2C(=C(O)c3ccncc3)C(=O)C(=O)N2CCCN(C)C)c1. The van der Waals surface area contributed by atoms with Crippen LogP contribution in [0.2, 0.25) is 0 Å². The number of ketones is 1. The molecule has 1 aromatic heterocycles. The fourth-order valence-corrected chi connectivity index (χ4v) is 3.67. The maximum absolute atomic E-state index is 13.0. The largest absolute Gasteiger partial charge is 0.507 e. The lowest BCUT2D eigenvalue weighted by molar-refractivity contribution is -0.139. The molecule has 1 saturated heterocycles. The third kappa shape index (κ3) is 5.11. The van der Waals surface area contributed by atoms with Crippen LogP contribution in [0.1, 0.15) is 36.9 Å². The van der Waals surface area contributed by atoms with Gasteiger partial charge in [-0.15, -0.1) is 0 Å². The normalized spacial score (nSPS) is 18.1. The molecule has 1 N–H and O–H groups in total. The Bertz CT molecular complexity index is 956. The van der Waals surface area contributed by atoms with Gasteiger partial charge in [0.05, 0.1) is 18.2 Å². The molecule has 0 unspecified atom stereocenters. The standard InChI is InChI=1S/C24H29N3O4/c1-4-15-31-19-8-5-7-18(16-19)21-20(22(28)17-9-11-25-12-10-17)23(29)24(30)27(21)14-6-13-26(2)3/h5,7-12,16,21,28H,4,6,13-15H2,1-3H3/t21-/m1/s1. The third-order valence-electron chi connectivity index (χ3n) is 5.14. The average Bonchev–Trinajstić information content (AvgIpc) is 3.03. The summed E-state index contributed by atoms with van der Waals surface area (Å²) in [6.45, 7) is 3.78. The van der Waals surface area contributed by atoms with Crippen molar-refractivity contribution in [1.82, 2.24) is 14.8 Å². The lowest BCUT2D eigenvalue weighted by Crippen LogP contribution is -2.32. The number of benzene rings is 1. The Kier molecular flexibility index (Phi) is 7.41. The van der Waals surface area contributed by atoms with Gasteiger partial charge >= 0.3 is 0 Å². The van der Waals surface area contributed by atoms with Crippen LogP contribution in [0.4, 0.5) is 0 Å². The fraction of sp³-hybridized carbons (Fsp3) is 0.375. The van der Waals surface area contributed by atoms with E-state index in [0.717, 1.165) is 18.5 Å². The molecule has 2 aromatic rings. The first kappa shape index (κ1) is 22.5. The maximum atomic E-state index is 13.0. The van der Waals surface area contributed by atoms with Crippen molar-refractivity contribution >= 4 is 17.4 Å². The van der Waals surface area contributed by atoms with E-state index >= 15 is 0 Å². The first-order valence-corrected chi connectivity index (χ1v) is 10.5. The number of ether oxygens (including phenoxy) is 1. The number of rotatable bonds is 9. The summed E-state index contributed by atoms with van der Waals surface area (Å²) in [5.41, 5.74) is 1.27. The summed E-state index contributed by atoms with van der Waals surface area (Å²) in [5.74, 6) is -0.800. The molecular formula is C24H29N3O4. The van der Waals surface area contributed by atoms with Gasteiger partial charge in [-0.05, 0) is 63.3 Å². The van der Waals surface area contributed by atoms with Gasteiger partial charge in [0.15, 0.2) is 0 Å². The minimum Gasteiger partial charge on any atom is -0.507 e. The molecule has 3 rings (SSSR count). The summed E-state index contributed by atoms with van der Waals surface area (Å²) in [6.07, 6.45) is 4.65. The van der Waals surface area contributed by atoms with E-state index in [0.29, 0.717) is 30.9 Å². The van der Waals surface area contributed by atoms with Crippen LogP contribution < -0.4 is 4.74 Å². The highest BCUT2D eigenvalue weighted by Crippen LogP contribution is 2.40. The van der Waals surface area contributed by atoms with E-state index in [2.05, 4.69) is 4.98 Å². The number of pyridine rings is 1. The Balaban J connectivity index is 2.06. The minimum atomic E-state index is -0.680. The molecule has 1 aliphatic rings. The molecule has 7 heteroatoms. The number of aromatic nitrogens is 1. The Morgan fingerprint density at radius 3 is 2.61 bits per heavy atom. The molecule has 0 radical (unpaired) electrons. The van der Waals surface area contributed by atoms with E-state index < -0.39 is 17.7 Å². The van der Waals surface area contributed by atoms with Crippen LogP contribution in [0.25, 0.3) is 5.76 Å².